The van der Waals surface area contributed by atoms with E-state index in [2.05, 4.69) is 216 Å². The van der Waals surface area contributed by atoms with E-state index in [1.54, 1.807) is 0 Å². The van der Waals surface area contributed by atoms with Crippen molar-refractivity contribution in [2.75, 3.05) is 14.7 Å². The van der Waals surface area contributed by atoms with Crippen LogP contribution >= 0.6 is 0 Å². The summed E-state index contributed by atoms with van der Waals surface area (Å²) in [6.07, 6.45) is 4.81. The Morgan fingerprint density at radius 1 is 0.522 bits per heavy atom. The molecule has 4 aliphatic rings. The zero-order valence-corrected chi connectivity index (χ0v) is 40.9. The predicted molar refractivity (Wildman–Crippen MR) is 291 cm³/mol. The minimum atomic E-state index is -0.0991. The lowest BCUT2D eigenvalue weighted by molar-refractivity contribution is 0.194. The lowest BCUT2D eigenvalue weighted by atomic mass is 9.33. The lowest BCUT2D eigenvalue weighted by Crippen LogP contribution is -2.61. The highest BCUT2D eigenvalue weighted by atomic mass is 16.3. The van der Waals surface area contributed by atoms with Gasteiger partial charge in [-0.2, -0.15) is 0 Å². The highest BCUT2D eigenvalue weighted by Gasteiger charge is 2.58. The second-order valence-electron chi connectivity index (χ2n) is 22.2. The van der Waals surface area contributed by atoms with Gasteiger partial charge in [0.25, 0.3) is 6.71 Å². The van der Waals surface area contributed by atoms with E-state index >= 15 is 0 Å². The molecule has 0 saturated heterocycles. The molecule has 0 N–H and O–H groups in total. The van der Waals surface area contributed by atoms with Crippen LogP contribution in [0.15, 0.2) is 154 Å². The maximum absolute atomic E-state index is 7.00. The van der Waals surface area contributed by atoms with Crippen molar-refractivity contribution in [3.8, 4) is 0 Å². The Labute approximate surface area is 405 Å². The minimum Gasteiger partial charge on any atom is -0.456 e. The van der Waals surface area contributed by atoms with Crippen molar-refractivity contribution in [2.24, 2.45) is 0 Å². The van der Waals surface area contributed by atoms with Gasteiger partial charge in [0.1, 0.15) is 16.7 Å². The summed E-state index contributed by atoms with van der Waals surface area (Å²) in [5.74, 6) is 0. The molecule has 1 aliphatic carbocycles. The van der Waals surface area contributed by atoms with E-state index < -0.39 is 0 Å². The zero-order chi connectivity index (χ0) is 46.9. The van der Waals surface area contributed by atoms with Crippen LogP contribution in [0.2, 0.25) is 0 Å². The quantitative estimate of drug-likeness (QED) is 0.165. The molecule has 2 unspecified atom stereocenters. The summed E-state index contributed by atoms with van der Waals surface area (Å²) in [5.41, 5.74) is 23.6. The van der Waals surface area contributed by atoms with Crippen LogP contribution in [0.25, 0.3) is 43.9 Å². The number of hydrogen-bond acceptors (Lipinski definition) is 5. The Bertz CT molecular complexity index is 3850. The van der Waals surface area contributed by atoms with Crippen LogP contribution in [-0.2, 0) is 10.8 Å². The van der Waals surface area contributed by atoms with Gasteiger partial charge in [-0.25, -0.2) is 0 Å². The minimum absolute atomic E-state index is 0.0186. The molecular formula is C63H56BN3O2. The smallest absolute Gasteiger partial charge is 0.252 e. The van der Waals surface area contributed by atoms with Gasteiger partial charge in [-0.3, -0.25) is 0 Å². The molecule has 0 amide bonds. The fourth-order valence-electron chi connectivity index (χ4n) is 13.9. The average Bonchev–Trinajstić information content (AvgIpc) is 3.97. The summed E-state index contributed by atoms with van der Waals surface area (Å²) in [7, 11) is 0. The normalized spacial score (nSPS) is 19.4. The van der Waals surface area contributed by atoms with Gasteiger partial charge in [0.05, 0.1) is 22.3 Å². The van der Waals surface area contributed by atoms with Crippen LogP contribution in [0, 0.1) is 20.8 Å². The van der Waals surface area contributed by atoms with Crippen molar-refractivity contribution >= 4 is 112 Å². The Morgan fingerprint density at radius 2 is 1.17 bits per heavy atom. The topological polar surface area (TPSA) is 36.0 Å². The number of aryl methyl sites for hydroxylation is 3. The van der Waals surface area contributed by atoms with E-state index in [0.29, 0.717) is 0 Å². The first-order chi connectivity index (χ1) is 33.3. The lowest BCUT2D eigenvalue weighted by Gasteiger charge is -2.51. The monoisotopic (exact) mass is 897 g/mol. The van der Waals surface area contributed by atoms with Crippen molar-refractivity contribution in [3.05, 3.63) is 173 Å². The first-order valence-electron chi connectivity index (χ1n) is 25.1. The Hall–Kier alpha value is -7.18. The fourth-order valence-corrected chi connectivity index (χ4v) is 13.9. The maximum Gasteiger partial charge on any atom is 0.252 e. The van der Waals surface area contributed by atoms with Crippen molar-refractivity contribution < 1.29 is 8.83 Å². The summed E-state index contributed by atoms with van der Waals surface area (Å²) in [6.45, 7) is 19.0. The number of rotatable bonds is 3. The number of para-hydroxylation sites is 3. The van der Waals surface area contributed by atoms with Crippen molar-refractivity contribution in [2.45, 2.75) is 97.4 Å². The van der Waals surface area contributed by atoms with E-state index in [1.807, 2.05) is 0 Å². The van der Waals surface area contributed by atoms with Gasteiger partial charge in [-0.1, -0.05) is 119 Å². The highest BCUT2D eigenvalue weighted by Crippen LogP contribution is 2.62. The molecule has 5 nitrogen and oxygen atoms in total. The molecule has 8 aromatic carbocycles. The number of furan rings is 2. The molecule has 0 bridgehead atoms. The van der Waals surface area contributed by atoms with Crippen LogP contribution in [-0.4, -0.2) is 12.3 Å². The molecule has 0 radical (unpaired) electrons. The SMILES string of the molecule is Cc1cc2c3c(c1)N(c1cccc4oc5ccccc5c14)c1ccc(C(C)(C)C)cc1B3c1ccc(N3c4cc(C)cc(C)c4C4(C)CCCCC34C)cc1N2c1cccc2c1oc1ccccc12. The second-order valence-corrected chi connectivity index (χ2v) is 22.2. The molecule has 2 atom stereocenters. The molecular weight excluding hydrogens is 842 g/mol. The average molecular weight is 898 g/mol. The second kappa shape index (κ2) is 14.0. The Morgan fingerprint density at radius 3 is 1.97 bits per heavy atom. The number of hydrogen-bond donors (Lipinski definition) is 0. The highest BCUT2D eigenvalue weighted by molar-refractivity contribution is 7.00. The Kier molecular flexibility index (Phi) is 8.27. The number of anilines is 8. The molecule has 2 aromatic heterocycles. The first-order valence-corrected chi connectivity index (χ1v) is 25.1. The van der Waals surface area contributed by atoms with Gasteiger partial charge >= 0.3 is 0 Å². The van der Waals surface area contributed by atoms with Gasteiger partial charge in [0, 0.05) is 55.7 Å². The van der Waals surface area contributed by atoms with Gasteiger partial charge in [0.15, 0.2) is 5.58 Å². The van der Waals surface area contributed by atoms with Crippen LogP contribution in [0.4, 0.5) is 45.5 Å². The molecule has 338 valence electrons. The summed E-state index contributed by atoms with van der Waals surface area (Å²) in [4.78, 5) is 7.88. The molecule has 6 heteroatoms. The molecule has 0 spiro atoms. The Balaban J connectivity index is 1.10. The maximum atomic E-state index is 7.00. The van der Waals surface area contributed by atoms with Gasteiger partial charge in [-0.15, -0.1) is 0 Å². The van der Waals surface area contributed by atoms with Crippen molar-refractivity contribution in [1.82, 2.24) is 0 Å². The zero-order valence-electron chi connectivity index (χ0n) is 40.9. The molecule has 14 rings (SSSR count). The van der Waals surface area contributed by atoms with Crippen LogP contribution in [0.5, 0.6) is 0 Å². The fraction of sp³-hybridized carbons (Fsp3) is 0.238. The molecule has 1 fully saturated rings. The summed E-state index contributed by atoms with van der Waals surface area (Å²) in [5, 5.41) is 4.49. The third-order valence-corrected chi connectivity index (χ3v) is 17.1. The van der Waals surface area contributed by atoms with Crippen LogP contribution in [0.1, 0.15) is 88.1 Å². The predicted octanol–water partition coefficient (Wildman–Crippen LogP) is 15.5. The molecule has 5 heterocycles. The van der Waals surface area contributed by atoms with Crippen molar-refractivity contribution in [1.29, 1.82) is 0 Å². The third-order valence-electron chi connectivity index (χ3n) is 17.1. The summed E-state index contributed by atoms with van der Waals surface area (Å²) < 4.78 is 13.6. The van der Waals surface area contributed by atoms with Crippen LogP contribution < -0.4 is 31.1 Å². The number of benzene rings is 8. The van der Waals surface area contributed by atoms with Gasteiger partial charge in [-0.05, 0) is 157 Å². The first kappa shape index (κ1) is 40.9. The van der Waals surface area contributed by atoms with E-state index in [1.165, 1.54) is 97.6 Å². The number of fused-ring (bicyclic) bond motifs is 13. The molecule has 3 aliphatic heterocycles. The largest absolute Gasteiger partial charge is 0.456 e. The van der Waals surface area contributed by atoms with Gasteiger partial charge < -0.3 is 23.5 Å². The van der Waals surface area contributed by atoms with Crippen LogP contribution in [0.3, 0.4) is 0 Å². The van der Waals surface area contributed by atoms with E-state index in [0.717, 1.165) is 61.7 Å². The molecule has 1 saturated carbocycles. The molecule has 69 heavy (non-hydrogen) atoms. The molecule has 10 aromatic rings. The van der Waals surface area contributed by atoms with Crippen molar-refractivity contribution in [3.63, 3.8) is 0 Å². The third kappa shape index (κ3) is 5.43. The van der Waals surface area contributed by atoms with E-state index in [9.17, 15) is 0 Å². The summed E-state index contributed by atoms with van der Waals surface area (Å²) in [6, 6.07) is 54.7. The van der Waals surface area contributed by atoms with Gasteiger partial charge in [0.2, 0.25) is 0 Å². The standard InChI is InChI=1S/C63H56BN3O2/c1-37-31-39(3)58-51(32-37)67(63(8)30-14-13-29-62(58,63)7)41-26-27-45-50(36-41)66(49-21-15-19-43-42-17-9-11-22-54(42)69-60(43)49)53-34-38(2)33-52-59(53)64(45)46-35-40(61(4,5)6)25-28-47(46)65(52)48-20-16-24-56-57(48)44-18-10-12-23-55(44)68-56/h9-12,15-28,31-36H,13-14,29-30H2,1-8H3. The number of nitrogens with zero attached hydrogens (tertiary/aromatic N) is 3. The van der Waals surface area contributed by atoms with E-state index in [-0.39, 0.29) is 23.1 Å². The summed E-state index contributed by atoms with van der Waals surface area (Å²) >= 11 is 0. The van der Waals surface area contributed by atoms with E-state index in [4.69, 9.17) is 8.83 Å².